The summed E-state index contributed by atoms with van der Waals surface area (Å²) in [4.78, 5) is 8.50. The molecule has 0 bridgehead atoms. The number of nitrogens with one attached hydrogen (secondary N) is 2. The molecule has 0 fully saturated rings. The van der Waals surface area contributed by atoms with Crippen LogP contribution in [0.15, 0.2) is 12.3 Å². The van der Waals surface area contributed by atoms with E-state index >= 15 is 0 Å². The molecular weight excluding hydrogens is 216 g/mol. The van der Waals surface area contributed by atoms with Gasteiger partial charge in [-0.1, -0.05) is 6.92 Å². The van der Waals surface area contributed by atoms with Gasteiger partial charge >= 0.3 is 0 Å². The molecule has 5 nitrogen and oxygen atoms in total. The number of ether oxygens (including phenoxy) is 1. The van der Waals surface area contributed by atoms with Crippen LogP contribution in [0.3, 0.4) is 0 Å². The van der Waals surface area contributed by atoms with Crippen molar-refractivity contribution in [2.24, 2.45) is 0 Å². The first-order valence-electron chi connectivity index (χ1n) is 6.18. The average molecular weight is 238 g/mol. The molecule has 0 aliphatic heterocycles. The first-order chi connectivity index (χ1) is 8.26. The van der Waals surface area contributed by atoms with Gasteiger partial charge in [-0.2, -0.15) is 4.98 Å². The lowest BCUT2D eigenvalue weighted by Gasteiger charge is -2.13. The smallest absolute Gasteiger partial charge is 0.224 e. The zero-order valence-corrected chi connectivity index (χ0v) is 10.9. The van der Waals surface area contributed by atoms with Crippen LogP contribution in [0.2, 0.25) is 0 Å². The summed E-state index contributed by atoms with van der Waals surface area (Å²) in [5, 5.41) is 6.38. The third-order valence-electron chi connectivity index (χ3n) is 2.21. The van der Waals surface area contributed by atoms with Crippen LogP contribution in [0.25, 0.3) is 0 Å². The van der Waals surface area contributed by atoms with Gasteiger partial charge in [-0.15, -0.1) is 0 Å². The van der Waals surface area contributed by atoms with Crippen LogP contribution in [-0.2, 0) is 4.74 Å². The van der Waals surface area contributed by atoms with Crippen LogP contribution in [0.5, 0.6) is 0 Å². The van der Waals surface area contributed by atoms with Gasteiger partial charge in [-0.3, -0.25) is 0 Å². The van der Waals surface area contributed by atoms with Gasteiger partial charge in [-0.05, 0) is 26.3 Å². The molecule has 1 rings (SSSR count). The molecule has 0 radical (unpaired) electrons. The topological polar surface area (TPSA) is 59.1 Å². The maximum absolute atomic E-state index is 5.44. The molecule has 96 valence electrons. The monoisotopic (exact) mass is 238 g/mol. The molecule has 1 aromatic rings. The second-order valence-electron chi connectivity index (χ2n) is 3.84. The van der Waals surface area contributed by atoms with E-state index in [1.54, 1.807) is 6.20 Å². The minimum absolute atomic E-state index is 0.182. The fraction of sp³-hybridized carbons (Fsp3) is 0.667. The molecule has 2 N–H and O–H groups in total. The summed E-state index contributed by atoms with van der Waals surface area (Å²) in [5.74, 6) is 1.49. The van der Waals surface area contributed by atoms with Gasteiger partial charge in [0.2, 0.25) is 5.95 Å². The van der Waals surface area contributed by atoms with Crippen molar-refractivity contribution < 1.29 is 4.74 Å². The number of nitrogens with zero attached hydrogens (tertiary/aromatic N) is 2. The van der Waals surface area contributed by atoms with E-state index in [2.05, 4.69) is 27.5 Å². The summed E-state index contributed by atoms with van der Waals surface area (Å²) in [6.45, 7) is 8.51. The van der Waals surface area contributed by atoms with Crippen molar-refractivity contribution >= 4 is 11.8 Å². The summed E-state index contributed by atoms with van der Waals surface area (Å²) >= 11 is 0. The highest BCUT2D eigenvalue weighted by Gasteiger charge is 2.02. The first-order valence-corrected chi connectivity index (χ1v) is 6.18. The zero-order chi connectivity index (χ0) is 12.5. The second kappa shape index (κ2) is 7.84. The van der Waals surface area contributed by atoms with Gasteiger partial charge in [0, 0.05) is 25.9 Å². The maximum atomic E-state index is 5.44. The van der Waals surface area contributed by atoms with E-state index in [1.165, 1.54) is 0 Å². The Balaban J connectivity index is 2.42. The van der Waals surface area contributed by atoms with E-state index < -0.39 is 0 Å². The van der Waals surface area contributed by atoms with Gasteiger partial charge in [-0.25, -0.2) is 4.98 Å². The standard InChI is InChI=1S/C12H22N4O/c1-4-7-13-12-14-8-6-11(16-12)15-9-10(3)17-5-2/h6,8,10H,4-5,7,9H2,1-3H3,(H2,13,14,15,16). The third kappa shape index (κ3) is 5.49. The van der Waals surface area contributed by atoms with E-state index in [-0.39, 0.29) is 6.10 Å². The fourth-order valence-corrected chi connectivity index (χ4v) is 1.37. The summed E-state index contributed by atoms with van der Waals surface area (Å²) in [5.41, 5.74) is 0. The van der Waals surface area contributed by atoms with E-state index in [4.69, 9.17) is 4.74 Å². The Labute approximate surface area is 103 Å². The number of hydrogen-bond acceptors (Lipinski definition) is 5. The van der Waals surface area contributed by atoms with E-state index in [0.29, 0.717) is 5.95 Å². The first kappa shape index (κ1) is 13.7. The number of aromatic nitrogens is 2. The van der Waals surface area contributed by atoms with Crippen LogP contribution < -0.4 is 10.6 Å². The molecule has 0 aromatic carbocycles. The van der Waals surface area contributed by atoms with Gasteiger partial charge < -0.3 is 15.4 Å². The van der Waals surface area contributed by atoms with Gasteiger partial charge in [0.25, 0.3) is 0 Å². The Morgan fingerprint density at radius 1 is 1.35 bits per heavy atom. The predicted octanol–water partition coefficient (Wildman–Crippen LogP) is 2.14. The number of anilines is 2. The summed E-state index contributed by atoms with van der Waals surface area (Å²) < 4.78 is 5.44. The second-order valence-corrected chi connectivity index (χ2v) is 3.84. The molecule has 1 heterocycles. The quantitative estimate of drug-likeness (QED) is 0.726. The summed E-state index contributed by atoms with van der Waals surface area (Å²) in [7, 11) is 0. The lowest BCUT2D eigenvalue weighted by atomic mass is 10.4. The summed E-state index contributed by atoms with van der Waals surface area (Å²) in [6.07, 6.45) is 2.99. The maximum Gasteiger partial charge on any atom is 0.224 e. The number of rotatable bonds is 8. The molecule has 17 heavy (non-hydrogen) atoms. The molecule has 0 spiro atoms. The van der Waals surface area contributed by atoms with Crippen molar-refractivity contribution in [1.29, 1.82) is 0 Å². The zero-order valence-electron chi connectivity index (χ0n) is 10.9. The van der Waals surface area contributed by atoms with Crippen LogP contribution in [-0.4, -0.2) is 35.8 Å². The van der Waals surface area contributed by atoms with Gasteiger partial charge in [0.15, 0.2) is 0 Å². The lowest BCUT2D eigenvalue weighted by Crippen LogP contribution is -2.20. The van der Waals surface area contributed by atoms with E-state index in [0.717, 1.165) is 31.9 Å². The predicted molar refractivity (Wildman–Crippen MR) is 70.4 cm³/mol. The SMILES string of the molecule is CCCNc1nccc(NCC(C)OCC)n1. The molecule has 1 aromatic heterocycles. The Morgan fingerprint density at radius 3 is 2.88 bits per heavy atom. The molecule has 0 aliphatic carbocycles. The van der Waals surface area contributed by atoms with Crippen molar-refractivity contribution in [1.82, 2.24) is 9.97 Å². The summed E-state index contributed by atoms with van der Waals surface area (Å²) in [6, 6.07) is 1.86. The van der Waals surface area contributed by atoms with Crippen LogP contribution in [0.4, 0.5) is 11.8 Å². The lowest BCUT2D eigenvalue weighted by molar-refractivity contribution is 0.0855. The van der Waals surface area contributed by atoms with Crippen molar-refractivity contribution in [2.75, 3.05) is 30.3 Å². The van der Waals surface area contributed by atoms with E-state index in [1.807, 2.05) is 19.9 Å². The average Bonchev–Trinajstić information content (AvgIpc) is 2.35. The molecule has 0 aliphatic rings. The largest absolute Gasteiger partial charge is 0.377 e. The van der Waals surface area contributed by atoms with Crippen molar-refractivity contribution in [3.05, 3.63) is 12.3 Å². The normalized spacial score (nSPS) is 12.2. The Hall–Kier alpha value is -1.36. The molecule has 0 saturated heterocycles. The molecule has 0 saturated carbocycles. The number of hydrogen-bond donors (Lipinski definition) is 2. The molecule has 0 amide bonds. The minimum Gasteiger partial charge on any atom is -0.377 e. The van der Waals surface area contributed by atoms with Crippen molar-refractivity contribution in [2.45, 2.75) is 33.3 Å². The van der Waals surface area contributed by atoms with Gasteiger partial charge in [0.1, 0.15) is 5.82 Å². The van der Waals surface area contributed by atoms with E-state index in [9.17, 15) is 0 Å². The van der Waals surface area contributed by atoms with Crippen molar-refractivity contribution in [3.8, 4) is 0 Å². The highest BCUT2D eigenvalue weighted by atomic mass is 16.5. The Kier molecular flexibility index (Phi) is 6.32. The molecule has 1 atom stereocenters. The van der Waals surface area contributed by atoms with Crippen LogP contribution in [0, 0.1) is 0 Å². The van der Waals surface area contributed by atoms with Crippen LogP contribution in [0.1, 0.15) is 27.2 Å². The fourth-order valence-electron chi connectivity index (χ4n) is 1.37. The molecular formula is C12H22N4O. The van der Waals surface area contributed by atoms with Crippen LogP contribution >= 0.6 is 0 Å². The van der Waals surface area contributed by atoms with Crippen molar-refractivity contribution in [3.63, 3.8) is 0 Å². The van der Waals surface area contributed by atoms with Gasteiger partial charge in [0.05, 0.1) is 6.10 Å². The molecule has 1 unspecified atom stereocenters. The molecule has 5 heteroatoms. The Morgan fingerprint density at radius 2 is 2.18 bits per heavy atom. The highest BCUT2D eigenvalue weighted by molar-refractivity contribution is 5.39. The minimum atomic E-state index is 0.182. The third-order valence-corrected chi connectivity index (χ3v) is 2.21. The highest BCUT2D eigenvalue weighted by Crippen LogP contribution is 2.06. The Bertz CT molecular complexity index is 319.